The average Bonchev–Trinajstić information content (AvgIpc) is 3.36. The molecule has 0 bridgehead atoms. The van der Waals surface area contributed by atoms with Crippen LogP contribution in [0.2, 0.25) is 0 Å². The number of rotatable bonds is 6. The van der Waals surface area contributed by atoms with Crippen molar-refractivity contribution in [2.45, 2.75) is 43.8 Å². The summed E-state index contributed by atoms with van der Waals surface area (Å²) in [6.45, 7) is 2.12. The van der Waals surface area contributed by atoms with Gasteiger partial charge in [0.15, 0.2) is 5.16 Å². The maximum absolute atomic E-state index is 12.5. The van der Waals surface area contributed by atoms with E-state index in [9.17, 15) is 4.79 Å². The number of nitrogens with one attached hydrogen (secondary N) is 1. The number of carbonyl (C=O) groups excluding carboxylic acids is 1. The van der Waals surface area contributed by atoms with E-state index < -0.39 is 0 Å². The summed E-state index contributed by atoms with van der Waals surface area (Å²) in [6, 6.07) is 10.2. The van der Waals surface area contributed by atoms with Crippen LogP contribution in [0.25, 0.3) is 5.69 Å². The number of aryl methyl sites for hydroxylation is 2. The van der Waals surface area contributed by atoms with Gasteiger partial charge in [0.1, 0.15) is 12.1 Å². The molecule has 1 aliphatic rings. The summed E-state index contributed by atoms with van der Waals surface area (Å²) in [5, 5.41) is 12.1. The molecule has 1 amide bonds. The molecule has 0 radical (unpaired) electrons. The monoisotopic (exact) mass is 382 g/mol. The third-order valence-corrected chi connectivity index (χ3v) is 5.81. The first kappa shape index (κ1) is 17.9. The molecule has 0 spiro atoms. The van der Waals surface area contributed by atoms with Crippen molar-refractivity contribution in [3.8, 4) is 5.69 Å². The predicted octanol–water partition coefficient (Wildman–Crippen LogP) is 3.71. The molecule has 3 aromatic rings. The van der Waals surface area contributed by atoms with Gasteiger partial charge in [-0.25, -0.2) is 0 Å². The highest BCUT2D eigenvalue weighted by molar-refractivity contribution is 7.99. The zero-order valence-corrected chi connectivity index (χ0v) is 16.0. The van der Waals surface area contributed by atoms with Gasteiger partial charge >= 0.3 is 0 Å². The molecule has 1 aliphatic carbocycles. The van der Waals surface area contributed by atoms with Crippen LogP contribution in [-0.2, 0) is 17.6 Å². The lowest BCUT2D eigenvalue weighted by molar-refractivity contribution is -0.119. The number of benzene rings is 1. The number of furan rings is 1. The van der Waals surface area contributed by atoms with E-state index in [4.69, 9.17) is 4.42 Å². The van der Waals surface area contributed by atoms with Crippen molar-refractivity contribution >= 4 is 17.7 Å². The number of hydrogen-bond acceptors (Lipinski definition) is 5. The first-order valence-corrected chi connectivity index (χ1v) is 10.2. The van der Waals surface area contributed by atoms with Crippen LogP contribution in [0.4, 0.5) is 0 Å². The maximum atomic E-state index is 12.5. The van der Waals surface area contributed by atoms with Crippen LogP contribution in [0.3, 0.4) is 0 Å². The first-order valence-electron chi connectivity index (χ1n) is 9.23. The Morgan fingerprint density at radius 3 is 3.15 bits per heavy atom. The Morgan fingerprint density at radius 2 is 2.26 bits per heavy atom. The van der Waals surface area contributed by atoms with Crippen molar-refractivity contribution in [2.75, 3.05) is 5.75 Å². The molecule has 2 aromatic heterocycles. The fraction of sp³-hybridized carbons (Fsp3) is 0.350. The van der Waals surface area contributed by atoms with Crippen molar-refractivity contribution < 1.29 is 9.21 Å². The molecule has 0 saturated carbocycles. The number of amides is 1. The maximum Gasteiger partial charge on any atom is 0.230 e. The second-order valence-electron chi connectivity index (χ2n) is 6.57. The minimum Gasteiger partial charge on any atom is -0.469 e. The lowest BCUT2D eigenvalue weighted by Gasteiger charge is -2.22. The molecule has 1 unspecified atom stereocenters. The van der Waals surface area contributed by atoms with Gasteiger partial charge in [-0.1, -0.05) is 36.9 Å². The van der Waals surface area contributed by atoms with E-state index in [0.717, 1.165) is 47.9 Å². The van der Waals surface area contributed by atoms with Gasteiger partial charge in [-0.15, -0.1) is 10.2 Å². The van der Waals surface area contributed by atoms with Crippen molar-refractivity contribution in [2.24, 2.45) is 0 Å². The fourth-order valence-corrected chi connectivity index (χ4v) is 4.27. The quantitative estimate of drug-likeness (QED) is 0.658. The van der Waals surface area contributed by atoms with Gasteiger partial charge in [-0.3, -0.25) is 9.36 Å². The highest BCUT2D eigenvalue weighted by Gasteiger charge is 2.24. The number of carbonyl (C=O) groups is 1. The zero-order valence-electron chi connectivity index (χ0n) is 15.2. The smallest absolute Gasteiger partial charge is 0.230 e. The second kappa shape index (κ2) is 8.00. The highest BCUT2D eigenvalue weighted by Crippen LogP contribution is 2.30. The molecule has 1 atom stereocenters. The number of para-hydroxylation sites is 1. The SMILES string of the molecule is CCc1ccccc1-n1cnnc1SCC(=O)NC1CCCc2occc21. The van der Waals surface area contributed by atoms with E-state index in [1.54, 1.807) is 12.6 Å². The van der Waals surface area contributed by atoms with Crippen LogP contribution >= 0.6 is 11.8 Å². The molecule has 4 rings (SSSR count). The lowest BCUT2D eigenvalue weighted by atomic mass is 9.93. The highest BCUT2D eigenvalue weighted by atomic mass is 32.2. The summed E-state index contributed by atoms with van der Waals surface area (Å²) in [7, 11) is 0. The summed E-state index contributed by atoms with van der Waals surface area (Å²) >= 11 is 1.40. The Bertz CT molecular complexity index is 933. The van der Waals surface area contributed by atoms with Gasteiger partial charge in [0.25, 0.3) is 0 Å². The Balaban J connectivity index is 1.42. The van der Waals surface area contributed by atoms with Crippen LogP contribution in [0.15, 0.2) is 52.5 Å². The fourth-order valence-electron chi connectivity index (χ4n) is 3.54. The number of fused-ring (bicyclic) bond motifs is 1. The number of aromatic nitrogens is 3. The molecular weight excluding hydrogens is 360 g/mol. The summed E-state index contributed by atoms with van der Waals surface area (Å²) in [6.07, 6.45) is 7.26. The standard InChI is InChI=1S/C20H22N4O2S/c1-2-14-6-3-4-8-17(14)24-13-21-23-20(24)27-12-19(25)22-16-7-5-9-18-15(16)10-11-26-18/h3-4,6,8,10-11,13,16H,2,5,7,9,12H2,1H3,(H,22,25). The normalized spacial score (nSPS) is 16.1. The number of hydrogen-bond donors (Lipinski definition) is 1. The van der Waals surface area contributed by atoms with Gasteiger partial charge in [0, 0.05) is 12.0 Å². The van der Waals surface area contributed by atoms with Crippen LogP contribution in [0, 0.1) is 0 Å². The van der Waals surface area contributed by atoms with E-state index in [0.29, 0.717) is 5.75 Å². The Hall–Kier alpha value is -2.54. The lowest BCUT2D eigenvalue weighted by Crippen LogP contribution is -2.31. The zero-order chi connectivity index (χ0) is 18.6. The van der Waals surface area contributed by atoms with Crippen molar-refractivity contribution in [1.29, 1.82) is 0 Å². The van der Waals surface area contributed by atoms with Crippen LogP contribution < -0.4 is 5.32 Å². The molecule has 0 fully saturated rings. The average molecular weight is 382 g/mol. The molecule has 140 valence electrons. The van der Waals surface area contributed by atoms with E-state index in [1.807, 2.05) is 22.8 Å². The molecule has 1 N–H and O–H groups in total. The van der Waals surface area contributed by atoms with Crippen molar-refractivity contribution in [3.05, 3.63) is 59.8 Å². The summed E-state index contributed by atoms with van der Waals surface area (Å²) in [4.78, 5) is 12.5. The minimum absolute atomic E-state index is 0.00243. The minimum atomic E-state index is -0.00243. The van der Waals surface area contributed by atoms with Gasteiger partial charge < -0.3 is 9.73 Å². The third kappa shape index (κ3) is 3.78. The van der Waals surface area contributed by atoms with E-state index in [-0.39, 0.29) is 11.9 Å². The second-order valence-corrected chi connectivity index (χ2v) is 7.51. The summed E-state index contributed by atoms with van der Waals surface area (Å²) < 4.78 is 7.45. The van der Waals surface area contributed by atoms with Crippen LogP contribution in [0.1, 0.15) is 42.7 Å². The molecule has 7 heteroatoms. The third-order valence-electron chi connectivity index (χ3n) is 4.87. The molecule has 2 heterocycles. The van der Waals surface area contributed by atoms with Crippen molar-refractivity contribution in [3.63, 3.8) is 0 Å². The molecule has 0 saturated heterocycles. The summed E-state index contributed by atoms with van der Waals surface area (Å²) in [5.74, 6) is 1.30. The van der Waals surface area contributed by atoms with Gasteiger partial charge in [0.05, 0.1) is 23.7 Å². The van der Waals surface area contributed by atoms with E-state index in [1.165, 1.54) is 17.3 Å². The number of thioether (sulfide) groups is 1. The molecular formula is C20H22N4O2S. The summed E-state index contributed by atoms with van der Waals surface area (Å²) in [5.41, 5.74) is 3.39. The Labute approximate surface area is 162 Å². The van der Waals surface area contributed by atoms with Gasteiger partial charge in [0.2, 0.25) is 5.91 Å². The Kier molecular flexibility index (Phi) is 5.29. The molecule has 27 heavy (non-hydrogen) atoms. The first-order chi connectivity index (χ1) is 13.3. The van der Waals surface area contributed by atoms with E-state index >= 15 is 0 Å². The number of nitrogens with zero attached hydrogens (tertiary/aromatic N) is 3. The molecule has 0 aliphatic heterocycles. The topological polar surface area (TPSA) is 73.0 Å². The molecule has 6 nitrogen and oxygen atoms in total. The van der Waals surface area contributed by atoms with Crippen LogP contribution in [0.5, 0.6) is 0 Å². The van der Waals surface area contributed by atoms with Gasteiger partial charge in [-0.2, -0.15) is 0 Å². The molecule has 1 aromatic carbocycles. The van der Waals surface area contributed by atoms with Crippen LogP contribution in [-0.4, -0.2) is 26.4 Å². The predicted molar refractivity (Wildman–Crippen MR) is 104 cm³/mol. The largest absolute Gasteiger partial charge is 0.469 e. The Morgan fingerprint density at radius 1 is 1.37 bits per heavy atom. The van der Waals surface area contributed by atoms with Gasteiger partial charge in [-0.05, 0) is 37.0 Å². The van der Waals surface area contributed by atoms with Crippen molar-refractivity contribution in [1.82, 2.24) is 20.1 Å². The van der Waals surface area contributed by atoms with E-state index in [2.05, 4.69) is 34.6 Å².